The van der Waals surface area contributed by atoms with Gasteiger partial charge in [0.25, 0.3) is 0 Å². The second-order valence-corrected chi connectivity index (χ2v) is 7.45. The van der Waals surface area contributed by atoms with Crippen molar-refractivity contribution in [2.45, 2.75) is 32.2 Å². The lowest BCUT2D eigenvalue weighted by atomic mass is 10.1. The van der Waals surface area contributed by atoms with Crippen LogP contribution in [-0.4, -0.2) is 21.9 Å². The zero-order valence-corrected chi connectivity index (χ0v) is 15.3. The molecule has 2 heterocycles. The third-order valence-electron chi connectivity index (χ3n) is 4.10. The number of rotatable bonds is 6. The molecule has 0 aliphatic carbocycles. The quantitative estimate of drug-likeness (QED) is 0.783. The third-order valence-corrected chi connectivity index (χ3v) is 5.44. The number of nitrogens with zero attached hydrogens (tertiary/aromatic N) is 2. The topological polar surface area (TPSA) is 77.6 Å². The zero-order chi connectivity index (χ0) is 18.0. The van der Waals surface area contributed by atoms with Crippen LogP contribution >= 0.6 is 23.6 Å². The summed E-state index contributed by atoms with van der Waals surface area (Å²) in [7, 11) is 0. The lowest BCUT2D eigenvalue weighted by Crippen LogP contribution is -2.33. The van der Waals surface area contributed by atoms with Gasteiger partial charge in [-0.05, 0) is 30.8 Å². The van der Waals surface area contributed by atoms with Crippen LogP contribution in [0.15, 0.2) is 29.3 Å². The number of carboxylic acid groups (broad SMARTS) is 1. The summed E-state index contributed by atoms with van der Waals surface area (Å²) in [4.78, 5) is 16.4. The molecule has 0 spiro atoms. The monoisotopic (exact) mass is 373 g/mol. The highest BCUT2D eigenvalue weighted by atomic mass is 32.1. The number of thiazole rings is 1. The number of para-hydroxylation sites is 1. The SMILES string of the molecule is CCCC[C@@H](C(=O)[O-])n1c(O)c(/C=C2\C=Nc3ccccc32)sc1=S. The summed E-state index contributed by atoms with van der Waals surface area (Å²) >= 11 is 6.47. The van der Waals surface area contributed by atoms with Gasteiger partial charge in [0.2, 0.25) is 5.88 Å². The predicted octanol–water partition coefficient (Wildman–Crippen LogP) is 3.72. The number of hydrogen-bond donors (Lipinski definition) is 1. The Labute approximate surface area is 154 Å². The molecular weight excluding hydrogens is 356 g/mol. The van der Waals surface area contributed by atoms with Crippen molar-refractivity contribution >= 4 is 53.1 Å². The summed E-state index contributed by atoms with van der Waals surface area (Å²) < 4.78 is 1.60. The molecule has 0 saturated heterocycles. The summed E-state index contributed by atoms with van der Waals surface area (Å²) in [6.07, 6.45) is 5.45. The number of carboxylic acids is 1. The zero-order valence-electron chi connectivity index (χ0n) is 13.6. The minimum Gasteiger partial charge on any atom is -0.548 e. The van der Waals surface area contributed by atoms with Gasteiger partial charge < -0.3 is 15.0 Å². The van der Waals surface area contributed by atoms with E-state index in [2.05, 4.69) is 4.99 Å². The van der Waals surface area contributed by atoms with E-state index < -0.39 is 12.0 Å². The van der Waals surface area contributed by atoms with Crippen molar-refractivity contribution in [2.75, 3.05) is 0 Å². The Morgan fingerprint density at radius 3 is 2.96 bits per heavy atom. The molecule has 130 valence electrons. The highest BCUT2D eigenvalue weighted by Crippen LogP contribution is 2.37. The molecule has 7 heteroatoms. The number of hydrogen-bond acceptors (Lipinski definition) is 6. The third kappa shape index (κ3) is 3.43. The molecule has 1 aliphatic rings. The summed E-state index contributed by atoms with van der Waals surface area (Å²) in [5.74, 6) is -1.37. The average molecular weight is 373 g/mol. The van der Waals surface area contributed by atoms with Gasteiger partial charge in [-0.1, -0.05) is 38.0 Å². The normalized spacial score (nSPS) is 15.5. The highest BCUT2D eigenvalue weighted by molar-refractivity contribution is 7.73. The number of carbonyl (C=O) groups is 1. The molecule has 0 radical (unpaired) electrons. The van der Waals surface area contributed by atoms with Gasteiger partial charge >= 0.3 is 0 Å². The van der Waals surface area contributed by atoms with Crippen molar-refractivity contribution in [3.8, 4) is 5.88 Å². The number of carbonyl (C=O) groups excluding carboxylic acids is 1. The number of unbranched alkanes of at least 4 members (excludes halogenated alkanes) is 1. The molecule has 1 aromatic heterocycles. The maximum Gasteiger partial charge on any atom is 0.211 e. The van der Waals surface area contributed by atoms with E-state index in [4.69, 9.17) is 12.2 Å². The number of aromatic hydroxyl groups is 1. The van der Waals surface area contributed by atoms with E-state index in [1.165, 1.54) is 15.9 Å². The van der Waals surface area contributed by atoms with Crippen molar-refractivity contribution < 1.29 is 15.0 Å². The molecule has 25 heavy (non-hydrogen) atoms. The number of benzene rings is 1. The second-order valence-electron chi connectivity index (χ2n) is 5.78. The minimum atomic E-state index is -1.23. The van der Waals surface area contributed by atoms with Gasteiger partial charge in [-0.3, -0.25) is 9.56 Å². The van der Waals surface area contributed by atoms with Crippen LogP contribution in [0.1, 0.15) is 42.7 Å². The Hall–Kier alpha value is -2.25. The Morgan fingerprint density at radius 1 is 1.48 bits per heavy atom. The molecule has 0 amide bonds. The van der Waals surface area contributed by atoms with Crippen LogP contribution in [0.4, 0.5) is 5.69 Å². The van der Waals surface area contributed by atoms with Gasteiger partial charge in [0.05, 0.1) is 22.6 Å². The van der Waals surface area contributed by atoms with E-state index in [1.807, 2.05) is 31.2 Å². The van der Waals surface area contributed by atoms with Crippen molar-refractivity contribution in [3.05, 3.63) is 38.7 Å². The van der Waals surface area contributed by atoms with E-state index in [0.29, 0.717) is 21.7 Å². The molecule has 0 fully saturated rings. The van der Waals surface area contributed by atoms with E-state index in [1.54, 1.807) is 12.3 Å². The summed E-state index contributed by atoms with van der Waals surface area (Å²) in [5, 5.41) is 22.1. The van der Waals surface area contributed by atoms with Crippen LogP contribution in [0, 0.1) is 3.95 Å². The number of fused-ring (bicyclic) bond motifs is 1. The van der Waals surface area contributed by atoms with Crippen molar-refractivity contribution in [2.24, 2.45) is 4.99 Å². The molecular formula is C18H17N2O3S2-. The fourth-order valence-electron chi connectivity index (χ4n) is 2.81. The molecule has 2 aromatic rings. The fraction of sp³-hybridized carbons (Fsp3) is 0.278. The van der Waals surface area contributed by atoms with Crippen molar-refractivity contribution in [3.63, 3.8) is 0 Å². The Bertz CT molecular complexity index is 925. The van der Waals surface area contributed by atoms with Gasteiger partial charge in [0.1, 0.15) is 0 Å². The maximum atomic E-state index is 11.5. The van der Waals surface area contributed by atoms with Gasteiger partial charge in [0.15, 0.2) is 3.95 Å². The first-order valence-corrected chi connectivity index (χ1v) is 9.25. The Morgan fingerprint density at radius 2 is 2.24 bits per heavy atom. The molecule has 1 aliphatic heterocycles. The molecule has 0 saturated carbocycles. The van der Waals surface area contributed by atoms with Gasteiger partial charge in [0, 0.05) is 17.4 Å². The van der Waals surface area contributed by atoms with Crippen LogP contribution in [0.3, 0.4) is 0 Å². The number of aliphatic carboxylic acids is 1. The predicted molar refractivity (Wildman–Crippen MR) is 101 cm³/mol. The van der Waals surface area contributed by atoms with Crippen LogP contribution in [0.25, 0.3) is 11.6 Å². The molecule has 5 nitrogen and oxygen atoms in total. The first-order chi connectivity index (χ1) is 12.0. The van der Waals surface area contributed by atoms with Crippen LogP contribution in [-0.2, 0) is 4.79 Å². The Kier molecular flexibility index (Phi) is 5.15. The fourth-order valence-corrected chi connectivity index (χ4v) is 4.17. The highest BCUT2D eigenvalue weighted by Gasteiger charge is 2.21. The van der Waals surface area contributed by atoms with Crippen LogP contribution < -0.4 is 5.11 Å². The number of allylic oxidation sites excluding steroid dienone is 1. The summed E-state index contributed by atoms with van der Waals surface area (Å²) in [6, 6.07) is 6.74. The smallest absolute Gasteiger partial charge is 0.211 e. The summed E-state index contributed by atoms with van der Waals surface area (Å²) in [6.45, 7) is 1.98. The number of aromatic nitrogens is 1. The minimum absolute atomic E-state index is 0.134. The van der Waals surface area contributed by atoms with Crippen molar-refractivity contribution in [1.29, 1.82) is 0 Å². The van der Waals surface area contributed by atoms with Crippen molar-refractivity contribution in [1.82, 2.24) is 4.57 Å². The lowest BCUT2D eigenvalue weighted by molar-refractivity contribution is -0.310. The maximum absolute atomic E-state index is 11.5. The van der Waals surface area contributed by atoms with Gasteiger partial charge in [-0.2, -0.15) is 0 Å². The lowest BCUT2D eigenvalue weighted by Gasteiger charge is -2.20. The van der Waals surface area contributed by atoms with E-state index in [-0.39, 0.29) is 5.88 Å². The van der Waals surface area contributed by atoms with Gasteiger partial charge in [-0.15, -0.1) is 11.3 Å². The second kappa shape index (κ2) is 7.33. The molecule has 0 unspecified atom stereocenters. The molecule has 1 aromatic carbocycles. The summed E-state index contributed by atoms with van der Waals surface area (Å²) in [5.41, 5.74) is 2.69. The average Bonchev–Trinajstić information content (AvgIpc) is 3.11. The van der Waals surface area contributed by atoms with Crippen LogP contribution in [0.5, 0.6) is 5.88 Å². The van der Waals surface area contributed by atoms with E-state index in [0.717, 1.165) is 23.2 Å². The van der Waals surface area contributed by atoms with E-state index in [9.17, 15) is 15.0 Å². The van der Waals surface area contributed by atoms with E-state index >= 15 is 0 Å². The van der Waals surface area contributed by atoms with Crippen LogP contribution in [0.2, 0.25) is 0 Å². The number of aliphatic imine (C=N–C) groups is 1. The molecule has 3 rings (SSSR count). The largest absolute Gasteiger partial charge is 0.548 e. The standard InChI is InChI=1S/C18H18N2O3S2/c1-2-3-8-14(17(22)23)20-16(21)15(25-18(20)24)9-11-10-19-13-7-5-4-6-12(11)13/h4-7,9-10,14,21H,2-3,8H2,1H3,(H,22,23)/p-1/b11-9+/t14-/m0/s1. The molecule has 0 bridgehead atoms. The molecule has 1 atom stereocenters. The first-order valence-electron chi connectivity index (χ1n) is 8.03. The Balaban J connectivity index is 2.01. The first kappa shape index (κ1) is 17.6. The molecule has 1 N–H and O–H groups in total. The van der Waals surface area contributed by atoms with Gasteiger partial charge in [-0.25, -0.2) is 0 Å².